The molecule has 2 unspecified atom stereocenters. The van der Waals surface area contributed by atoms with Gasteiger partial charge in [-0.1, -0.05) is 399 Å². The lowest BCUT2D eigenvalue weighted by Gasteiger charge is -2.22. The van der Waals surface area contributed by atoms with Gasteiger partial charge in [-0.15, -0.1) is 0 Å². The Morgan fingerprint density at radius 2 is 0.512 bits per heavy atom. The van der Waals surface area contributed by atoms with Crippen LogP contribution in [-0.2, 0) is 14.3 Å². The molecule has 478 valence electrons. The first-order valence-corrected chi connectivity index (χ1v) is 37.3. The summed E-state index contributed by atoms with van der Waals surface area (Å²) in [7, 11) is 0. The predicted octanol–water partition coefficient (Wildman–Crippen LogP) is 24.2. The Balaban J connectivity index is 3.29. The summed E-state index contributed by atoms with van der Waals surface area (Å²) in [6.45, 7) is 5.00. The van der Waals surface area contributed by atoms with Crippen LogP contribution < -0.4 is 5.32 Å². The normalized spacial score (nSPS) is 12.4. The third kappa shape index (κ3) is 66.0. The Bertz CT molecular complexity index is 1160. The molecule has 3 N–H and O–H groups in total. The summed E-state index contributed by atoms with van der Waals surface area (Å²) in [5.41, 5.74) is 0. The molecular weight excluding hydrogens is 983 g/mol. The van der Waals surface area contributed by atoms with Crippen LogP contribution in [0.25, 0.3) is 0 Å². The molecule has 0 bridgehead atoms. The third-order valence-electron chi connectivity index (χ3n) is 17.9. The SMILES string of the molecule is CCCCCCCCCCCCCCCCCC(O)C(CO)NC(=O)CCCCCCCCCCCCCCCCCCCCCCCCCCCCCCCCCCCCCOC(=O)CCCCCCCCCCCCCCC. The van der Waals surface area contributed by atoms with E-state index in [0.717, 1.165) is 38.5 Å². The van der Waals surface area contributed by atoms with Crippen LogP contribution in [0, 0.1) is 0 Å². The lowest BCUT2D eigenvalue weighted by atomic mass is 10.0. The quantitative estimate of drug-likeness (QED) is 0.0417. The molecular formula is C74H147NO5. The molecule has 0 rings (SSSR count). The standard InChI is InChI=1S/C74H147NO5/c1-3-5-7-9-11-13-15-17-39-43-46-50-54-58-62-66-72(77)71(70-76)75-73(78)67-63-59-55-51-47-44-40-37-35-33-31-29-27-25-23-21-19-18-20-22-24-26-28-30-32-34-36-38-41-45-49-53-57-61-65-69-80-74(79)68-64-60-56-52-48-42-16-14-12-10-8-6-4-2/h71-72,76-77H,3-70H2,1-2H3,(H,75,78). The second kappa shape index (κ2) is 70.3. The van der Waals surface area contributed by atoms with Gasteiger partial charge >= 0.3 is 5.97 Å². The molecule has 0 aliphatic carbocycles. The van der Waals surface area contributed by atoms with Crippen LogP contribution >= 0.6 is 0 Å². The van der Waals surface area contributed by atoms with E-state index in [1.807, 2.05) is 0 Å². The number of hydrogen-bond donors (Lipinski definition) is 3. The van der Waals surface area contributed by atoms with E-state index in [1.165, 1.54) is 366 Å². The molecule has 0 aromatic carbocycles. The van der Waals surface area contributed by atoms with Gasteiger partial charge in [0, 0.05) is 12.8 Å². The monoisotopic (exact) mass is 1130 g/mol. The van der Waals surface area contributed by atoms with E-state index in [9.17, 15) is 19.8 Å². The molecule has 0 fully saturated rings. The summed E-state index contributed by atoms with van der Waals surface area (Å²) >= 11 is 0. The lowest BCUT2D eigenvalue weighted by Crippen LogP contribution is -2.45. The summed E-state index contributed by atoms with van der Waals surface area (Å²) in [4.78, 5) is 24.6. The molecule has 80 heavy (non-hydrogen) atoms. The Morgan fingerprint density at radius 3 is 0.762 bits per heavy atom. The van der Waals surface area contributed by atoms with Gasteiger partial charge in [0.1, 0.15) is 0 Å². The van der Waals surface area contributed by atoms with Gasteiger partial charge < -0.3 is 20.3 Å². The Kier molecular flexibility index (Phi) is 69.3. The fourth-order valence-electron chi connectivity index (χ4n) is 12.2. The molecule has 1 amide bonds. The van der Waals surface area contributed by atoms with Crippen molar-refractivity contribution in [3.63, 3.8) is 0 Å². The van der Waals surface area contributed by atoms with Crippen LogP contribution in [0.1, 0.15) is 438 Å². The Hall–Kier alpha value is -1.14. The van der Waals surface area contributed by atoms with Gasteiger partial charge in [-0.3, -0.25) is 9.59 Å². The maximum Gasteiger partial charge on any atom is 0.305 e. The van der Waals surface area contributed by atoms with Crippen LogP contribution in [0.4, 0.5) is 0 Å². The summed E-state index contributed by atoms with van der Waals surface area (Å²) < 4.78 is 5.50. The summed E-state index contributed by atoms with van der Waals surface area (Å²) in [6.07, 6.45) is 86.1. The van der Waals surface area contributed by atoms with Gasteiger partial charge in [0.2, 0.25) is 5.91 Å². The Labute approximate surface area is 502 Å². The van der Waals surface area contributed by atoms with Gasteiger partial charge in [-0.05, 0) is 25.7 Å². The van der Waals surface area contributed by atoms with E-state index < -0.39 is 12.1 Å². The summed E-state index contributed by atoms with van der Waals surface area (Å²) in [6, 6.07) is -0.536. The van der Waals surface area contributed by atoms with E-state index in [2.05, 4.69) is 19.2 Å². The third-order valence-corrected chi connectivity index (χ3v) is 17.9. The molecule has 0 aliphatic heterocycles. The predicted molar refractivity (Wildman–Crippen MR) is 352 cm³/mol. The van der Waals surface area contributed by atoms with Crippen LogP contribution in [0.5, 0.6) is 0 Å². The minimum atomic E-state index is -0.659. The van der Waals surface area contributed by atoms with E-state index >= 15 is 0 Å². The number of nitrogens with one attached hydrogen (secondary N) is 1. The molecule has 6 nitrogen and oxygen atoms in total. The number of hydrogen-bond acceptors (Lipinski definition) is 5. The van der Waals surface area contributed by atoms with Crippen molar-refractivity contribution in [3.8, 4) is 0 Å². The molecule has 0 saturated carbocycles. The maximum absolute atomic E-state index is 12.5. The number of rotatable bonds is 71. The molecule has 0 radical (unpaired) electrons. The zero-order valence-electron chi connectivity index (χ0n) is 54.9. The second-order valence-electron chi connectivity index (χ2n) is 26.0. The maximum atomic E-state index is 12.5. The minimum Gasteiger partial charge on any atom is -0.466 e. The highest BCUT2D eigenvalue weighted by atomic mass is 16.5. The highest BCUT2D eigenvalue weighted by Crippen LogP contribution is 2.20. The van der Waals surface area contributed by atoms with Gasteiger partial charge in [0.25, 0.3) is 0 Å². The average molecular weight is 1130 g/mol. The Morgan fingerprint density at radius 1 is 0.300 bits per heavy atom. The van der Waals surface area contributed by atoms with Crippen LogP contribution in [0.15, 0.2) is 0 Å². The summed E-state index contributed by atoms with van der Waals surface area (Å²) in [5, 5.41) is 23.3. The van der Waals surface area contributed by atoms with Crippen LogP contribution in [0.2, 0.25) is 0 Å². The molecule has 0 spiro atoms. The van der Waals surface area contributed by atoms with E-state index in [4.69, 9.17) is 4.74 Å². The second-order valence-corrected chi connectivity index (χ2v) is 26.0. The topological polar surface area (TPSA) is 95.9 Å². The zero-order valence-corrected chi connectivity index (χ0v) is 54.9. The highest BCUT2D eigenvalue weighted by Gasteiger charge is 2.20. The molecule has 0 heterocycles. The van der Waals surface area contributed by atoms with Crippen molar-refractivity contribution in [1.29, 1.82) is 0 Å². The van der Waals surface area contributed by atoms with Crippen molar-refractivity contribution in [1.82, 2.24) is 5.32 Å². The molecule has 2 atom stereocenters. The van der Waals surface area contributed by atoms with Crippen molar-refractivity contribution in [3.05, 3.63) is 0 Å². The molecule has 0 aromatic rings. The number of aliphatic hydroxyl groups is 2. The number of aliphatic hydroxyl groups excluding tert-OH is 2. The first-order valence-electron chi connectivity index (χ1n) is 37.3. The largest absolute Gasteiger partial charge is 0.466 e. The van der Waals surface area contributed by atoms with Gasteiger partial charge in [-0.25, -0.2) is 0 Å². The summed E-state index contributed by atoms with van der Waals surface area (Å²) in [5.74, 6) is -0.000355. The van der Waals surface area contributed by atoms with Crippen LogP contribution in [-0.4, -0.2) is 47.4 Å². The number of carbonyl (C=O) groups is 2. The van der Waals surface area contributed by atoms with E-state index in [0.29, 0.717) is 25.9 Å². The minimum absolute atomic E-state index is 0.0253. The number of amides is 1. The van der Waals surface area contributed by atoms with Crippen molar-refractivity contribution in [2.45, 2.75) is 450 Å². The number of carbonyl (C=O) groups excluding carboxylic acids is 2. The number of esters is 1. The fraction of sp³-hybridized carbons (Fsp3) is 0.973. The van der Waals surface area contributed by atoms with E-state index in [-0.39, 0.29) is 18.5 Å². The van der Waals surface area contributed by atoms with Gasteiger partial charge in [0.15, 0.2) is 0 Å². The van der Waals surface area contributed by atoms with Crippen molar-refractivity contribution >= 4 is 11.9 Å². The fourth-order valence-corrected chi connectivity index (χ4v) is 12.2. The molecule has 0 aromatic heterocycles. The first kappa shape index (κ1) is 78.9. The van der Waals surface area contributed by atoms with Crippen molar-refractivity contribution in [2.24, 2.45) is 0 Å². The zero-order chi connectivity index (χ0) is 57.8. The van der Waals surface area contributed by atoms with Gasteiger partial charge in [0.05, 0.1) is 25.4 Å². The highest BCUT2D eigenvalue weighted by molar-refractivity contribution is 5.76. The van der Waals surface area contributed by atoms with Crippen molar-refractivity contribution < 1.29 is 24.5 Å². The first-order chi connectivity index (χ1) is 39.5. The molecule has 0 saturated heterocycles. The number of unbranched alkanes of at least 4 members (excludes halogenated alkanes) is 60. The smallest absolute Gasteiger partial charge is 0.305 e. The lowest BCUT2D eigenvalue weighted by molar-refractivity contribution is -0.143. The molecule has 6 heteroatoms. The van der Waals surface area contributed by atoms with Crippen LogP contribution in [0.3, 0.4) is 0 Å². The average Bonchev–Trinajstić information content (AvgIpc) is 3.46. The van der Waals surface area contributed by atoms with Gasteiger partial charge in [-0.2, -0.15) is 0 Å². The van der Waals surface area contributed by atoms with E-state index in [1.54, 1.807) is 0 Å². The number of ether oxygens (including phenoxy) is 1. The molecule has 0 aliphatic rings. The van der Waals surface area contributed by atoms with Crippen molar-refractivity contribution in [2.75, 3.05) is 13.2 Å².